The summed E-state index contributed by atoms with van der Waals surface area (Å²) in [5, 5.41) is 17.3. The third-order valence-corrected chi connectivity index (χ3v) is 3.31. The van der Waals surface area contributed by atoms with E-state index in [1.54, 1.807) is 18.3 Å². The summed E-state index contributed by atoms with van der Waals surface area (Å²) in [5.74, 6) is -0.408. The Balaban J connectivity index is 2.15. The van der Waals surface area contributed by atoms with Gasteiger partial charge in [0.05, 0.1) is 0 Å². The molecule has 0 radical (unpaired) electrons. The Morgan fingerprint density at radius 3 is 2.84 bits per heavy atom. The minimum atomic E-state index is -0.997. The molecular formula is C13H9N3O2S. The molecule has 0 aliphatic rings. The Bertz CT molecular complexity index is 705. The zero-order valence-electron chi connectivity index (χ0n) is 9.72. The molecule has 0 spiro atoms. The van der Waals surface area contributed by atoms with Gasteiger partial charge >= 0.3 is 5.97 Å². The lowest BCUT2D eigenvalue weighted by Crippen LogP contribution is -1.97. The van der Waals surface area contributed by atoms with Gasteiger partial charge < -0.3 is 5.11 Å². The Morgan fingerprint density at radius 1 is 1.32 bits per heavy atom. The Morgan fingerprint density at radius 2 is 2.21 bits per heavy atom. The molecule has 1 N–H and O–H groups in total. The molecule has 0 unspecified atom stereocenters. The molecule has 0 bridgehead atoms. The molecular weight excluding hydrogens is 262 g/mol. The summed E-state index contributed by atoms with van der Waals surface area (Å²) in [6, 6.07) is 7.25. The highest BCUT2D eigenvalue weighted by Gasteiger charge is 2.18. The molecule has 0 saturated carbocycles. The summed E-state index contributed by atoms with van der Waals surface area (Å²) in [5.41, 5.74) is 1.43. The van der Waals surface area contributed by atoms with Crippen LogP contribution in [0.3, 0.4) is 0 Å². The predicted molar refractivity (Wildman–Crippen MR) is 71.6 cm³/mol. The van der Waals surface area contributed by atoms with E-state index in [0.29, 0.717) is 11.5 Å². The molecule has 0 aromatic carbocycles. The Kier molecular flexibility index (Phi) is 2.85. The molecule has 6 heteroatoms. The molecule has 3 aromatic heterocycles. The molecule has 3 rings (SSSR count). The molecule has 5 nitrogen and oxygen atoms in total. The average Bonchev–Trinajstić information content (AvgIpc) is 3.08. The smallest absolute Gasteiger partial charge is 0.339 e. The van der Waals surface area contributed by atoms with Crippen LogP contribution in [-0.2, 0) is 0 Å². The van der Waals surface area contributed by atoms with Crippen LogP contribution in [0.15, 0.2) is 47.4 Å². The summed E-state index contributed by atoms with van der Waals surface area (Å²) >= 11 is 1.50. The summed E-state index contributed by atoms with van der Waals surface area (Å²) in [7, 11) is 0. The van der Waals surface area contributed by atoms with E-state index in [0.717, 1.165) is 5.56 Å². The van der Waals surface area contributed by atoms with Crippen LogP contribution in [0.5, 0.6) is 0 Å². The topological polar surface area (TPSA) is 68.0 Å². The summed E-state index contributed by atoms with van der Waals surface area (Å²) in [6.45, 7) is 0. The summed E-state index contributed by atoms with van der Waals surface area (Å²) in [6.07, 6.45) is 3.12. The minimum absolute atomic E-state index is 0.170. The van der Waals surface area contributed by atoms with E-state index in [2.05, 4.69) is 10.1 Å². The van der Waals surface area contributed by atoms with Crippen LogP contribution in [0.1, 0.15) is 10.4 Å². The van der Waals surface area contributed by atoms with Crippen LogP contribution < -0.4 is 0 Å². The van der Waals surface area contributed by atoms with Crippen molar-refractivity contribution in [2.45, 2.75) is 0 Å². The first-order chi connectivity index (χ1) is 9.25. The number of carboxylic acid groups (broad SMARTS) is 1. The second-order valence-electron chi connectivity index (χ2n) is 3.84. The maximum Gasteiger partial charge on any atom is 0.339 e. The average molecular weight is 271 g/mol. The number of rotatable bonds is 3. The number of carboxylic acids is 1. The van der Waals surface area contributed by atoms with Gasteiger partial charge in [-0.3, -0.25) is 0 Å². The van der Waals surface area contributed by atoms with E-state index < -0.39 is 5.97 Å². The highest BCUT2D eigenvalue weighted by Crippen LogP contribution is 2.25. The number of carbonyl (C=O) groups is 1. The predicted octanol–water partition coefficient (Wildman–Crippen LogP) is 2.69. The van der Waals surface area contributed by atoms with E-state index in [1.807, 2.05) is 22.9 Å². The van der Waals surface area contributed by atoms with Crippen molar-refractivity contribution in [3.05, 3.63) is 53.0 Å². The zero-order valence-corrected chi connectivity index (χ0v) is 10.5. The molecule has 19 heavy (non-hydrogen) atoms. The number of hydrogen-bond donors (Lipinski definition) is 1. The van der Waals surface area contributed by atoms with Gasteiger partial charge in [-0.1, -0.05) is 6.07 Å². The number of aromatic nitrogens is 3. The van der Waals surface area contributed by atoms with Crippen molar-refractivity contribution in [1.29, 1.82) is 0 Å². The van der Waals surface area contributed by atoms with Gasteiger partial charge in [-0.05, 0) is 23.6 Å². The van der Waals surface area contributed by atoms with Gasteiger partial charge in [0.2, 0.25) is 0 Å². The molecule has 0 aliphatic carbocycles. The maximum atomic E-state index is 11.3. The number of thiophene rings is 1. The van der Waals surface area contributed by atoms with E-state index in [4.69, 9.17) is 0 Å². The SMILES string of the molecule is O=C(O)c1cn(-c2ccccn2)nc1-c1ccsc1. The first-order valence-corrected chi connectivity index (χ1v) is 6.47. The van der Waals surface area contributed by atoms with Crippen LogP contribution >= 0.6 is 11.3 Å². The third-order valence-electron chi connectivity index (χ3n) is 2.62. The van der Waals surface area contributed by atoms with Crippen molar-refractivity contribution in [1.82, 2.24) is 14.8 Å². The fourth-order valence-electron chi connectivity index (χ4n) is 1.75. The van der Waals surface area contributed by atoms with Crippen LogP contribution in [0.4, 0.5) is 0 Å². The minimum Gasteiger partial charge on any atom is -0.478 e. The molecule has 3 heterocycles. The van der Waals surface area contributed by atoms with E-state index >= 15 is 0 Å². The highest BCUT2D eigenvalue weighted by atomic mass is 32.1. The Labute approximate surface area is 112 Å². The lowest BCUT2D eigenvalue weighted by molar-refractivity contribution is 0.0697. The summed E-state index contributed by atoms with van der Waals surface area (Å²) < 4.78 is 1.48. The highest BCUT2D eigenvalue weighted by molar-refractivity contribution is 7.08. The van der Waals surface area contributed by atoms with Crippen molar-refractivity contribution < 1.29 is 9.90 Å². The standard InChI is InChI=1S/C13H9N3O2S/c17-13(18)10-7-16(11-3-1-2-5-14-11)15-12(10)9-4-6-19-8-9/h1-8H,(H,17,18). The fourth-order valence-corrected chi connectivity index (χ4v) is 2.39. The monoisotopic (exact) mass is 271 g/mol. The van der Waals surface area contributed by atoms with Gasteiger partial charge in [-0.2, -0.15) is 16.4 Å². The molecule has 0 aliphatic heterocycles. The largest absolute Gasteiger partial charge is 0.478 e. The van der Waals surface area contributed by atoms with Gasteiger partial charge in [-0.25, -0.2) is 14.5 Å². The number of pyridine rings is 1. The van der Waals surface area contributed by atoms with Crippen molar-refractivity contribution >= 4 is 17.3 Å². The van der Waals surface area contributed by atoms with Crippen LogP contribution in [0.25, 0.3) is 17.1 Å². The number of aromatic carboxylic acids is 1. The van der Waals surface area contributed by atoms with Crippen LogP contribution in [0, 0.1) is 0 Å². The van der Waals surface area contributed by atoms with Crippen molar-refractivity contribution in [2.24, 2.45) is 0 Å². The first-order valence-electron chi connectivity index (χ1n) is 5.52. The van der Waals surface area contributed by atoms with Crippen molar-refractivity contribution in [2.75, 3.05) is 0 Å². The second kappa shape index (κ2) is 4.66. The molecule has 3 aromatic rings. The molecule has 0 amide bonds. The van der Waals surface area contributed by atoms with Crippen molar-refractivity contribution in [3.8, 4) is 17.1 Å². The van der Waals surface area contributed by atoms with Gasteiger partial charge in [0.25, 0.3) is 0 Å². The van der Waals surface area contributed by atoms with Crippen molar-refractivity contribution in [3.63, 3.8) is 0 Å². The molecule has 0 fully saturated rings. The van der Waals surface area contributed by atoms with Gasteiger partial charge in [0.1, 0.15) is 11.3 Å². The normalized spacial score (nSPS) is 10.5. The van der Waals surface area contributed by atoms with E-state index in [-0.39, 0.29) is 5.56 Å². The molecule has 0 saturated heterocycles. The quantitative estimate of drug-likeness (QED) is 0.795. The number of hydrogen-bond acceptors (Lipinski definition) is 4. The zero-order chi connectivity index (χ0) is 13.2. The van der Waals surface area contributed by atoms with Crippen LogP contribution in [0.2, 0.25) is 0 Å². The third kappa shape index (κ3) is 2.13. The number of nitrogens with zero attached hydrogens (tertiary/aromatic N) is 3. The van der Waals surface area contributed by atoms with Gasteiger partial charge in [0.15, 0.2) is 5.82 Å². The molecule has 0 atom stereocenters. The van der Waals surface area contributed by atoms with E-state index in [1.165, 1.54) is 22.2 Å². The molecule has 94 valence electrons. The maximum absolute atomic E-state index is 11.3. The van der Waals surface area contributed by atoms with Gasteiger partial charge in [0, 0.05) is 23.3 Å². The second-order valence-corrected chi connectivity index (χ2v) is 4.62. The Hall–Kier alpha value is -2.47. The fraction of sp³-hybridized carbons (Fsp3) is 0. The van der Waals surface area contributed by atoms with E-state index in [9.17, 15) is 9.90 Å². The van der Waals surface area contributed by atoms with Crippen LogP contribution in [-0.4, -0.2) is 25.8 Å². The first kappa shape index (κ1) is 11.6. The van der Waals surface area contributed by atoms with Gasteiger partial charge in [-0.15, -0.1) is 0 Å². The lowest BCUT2D eigenvalue weighted by Gasteiger charge is -1.97. The summed E-state index contributed by atoms with van der Waals surface area (Å²) in [4.78, 5) is 15.4. The lowest BCUT2D eigenvalue weighted by atomic mass is 10.1.